The Morgan fingerprint density at radius 1 is 1.31 bits per heavy atom. The Morgan fingerprint density at radius 2 is 1.94 bits per heavy atom. The van der Waals surface area contributed by atoms with E-state index >= 15 is 0 Å². The van der Waals surface area contributed by atoms with E-state index < -0.39 is 5.79 Å². The summed E-state index contributed by atoms with van der Waals surface area (Å²) in [5.41, 5.74) is 0.991. The maximum Gasteiger partial charge on any atom is 0.203 e. The molecule has 0 radical (unpaired) electrons. The summed E-state index contributed by atoms with van der Waals surface area (Å²) >= 11 is 3.44. The largest absolute Gasteiger partial charge is 0.350 e. The standard InChI is InChI=1S/C11H15BrN2O2/c1-8-9(12)4-5-10(13-8)14-6-11(7-14,15-2)16-3/h4-5H,6-7H2,1-3H3. The smallest absolute Gasteiger partial charge is 0.203 e. The van der Waals surface area contributed by atoms with Crippen molar-refractivity contribution in [3.63, 3.8) is 0 Å². The van der Waals surface area contributed by atoms with Gasteiger partial charge in [0.15, 0.2) is 0 Å². The van der Waals surface area contributed by atoms with Crippen LogP contribution in [0.3, 0.4) is 0 Å². The first kappa shape index (κ1) is 11.8. The van der Waals surface area contributed by atoms with Gasteiger partial charge in [0.05, 0.1) is 18.8 Å². The molecule has 2 heterocycles. The van der Waals surface area contributed by atoms with Gasteiger partial charge in [-0.2, -0.15) is 0 Å². The first-order valence-electron chi connectivity index (χ1n) is 5.08. The fraction of sp³-hybridized carbons (Fsp3) is 0.545. The molecule has 0 amide bonds. The second-order valence-corrected chi connectivity index (χ2v) is 4.77. The van der Waals surface area contributed by atoms with Crippen LogP contribution in [0.4, 0.5) is 5.82 Å². The van der Waals surface area contributed by atoms with E-state index in [1.165, 1.54) is 0 Å². The number of anilines is 1. The number of rotatable bonds is 3. The van der Waals surface area contributed by atoms with E-state index in [0.717, 1.165) is 16.0 Å². The monoisotopic (exact) mass is 286 g/mol. The molecule has 1 saturated heterocycles. The van der Waals surface area contributed by atoms with Crippen LogP contribution in [0.2, 0.25) is 0 Å². The van der Waals surface area contributed by atoms with Gasteiger partial charge in [-0.1, -0.05) is 0 Å². The summed E-state index contributed by atoms with van der Waals surface area (Å²) in [6.07, 6.45) is 0. The molecule has 5 heteroatoms. The predicted molar refractivity (Wildman–Crippen MR) is 65.6 cm³/mol. The zero-order valence-electron chi connectivity index (χ0n) is 9.66. The van der Waals surface area contributed by atoms with Crippen molar-refractivity contribution in [2.45, 2.75) is 12.7 Å². The summed E-state index contributed by atoms with van der Waals surface area (Å²) in [5, 5.41) is 0. The highest BCUT2D eigenvalue weighted by Gasteiger charge is 2.44. The Hall–Kier alpha value is -0.650. The van der Waals surface area contributed by atoms with Crippen LogP contribution in [0.1, 0.15) is 5.69 Å². The molecule has 88 valence electrons. The SMILES string of the molecule is COC1(OC)CN(c2ccc(Br)c(C)n2)C1. The molecule has 4 nitrogen and oxygen atoms in total. The fourth-order valence-corrected chi connectivity index (χ4v) is 1.97. The van der Waals surface area contributed by atoms with Crippen LogP contribution < -0.4 is 4.90 Å². The third kappa shape index (κ3) is 1.95. The molecule has 1 aromatic heterocycles. The lowest BCUT2D eigenvalue weighted by Gasteiger charge is -2.48. The van der Waals surface area contributed by atoms with Gasteiger partial charge < -0.3 is 14.4 Å². The second kappa shape index (κ2) is 4.31. The number of aromatic nitrogens is 1. The fourth-order valence-electron chi connectivity index (χ4n) is 1.75. The van der Waals surface area contributed by atoms with Gasteiger partial charge in [0.1, 0.15) is 5.82 Å². The Balaban J connectivity index is 2.09. The van der Waals surface area contributed by atoms with Gasteiger partial charge in [0.2, 0.25) is 5.79 Å². The first-order valence-corrected chi connectivity index (χ1v) is 5.88. The zero-order valence-corrected chi connectivity index (χ0v) is 11.2. The topological polar surface area (TPSA) is 34.6 Å². The highest BCUT2D eigenvalue weighted by atomic mass is 79.9. The van der Waals surface area contributed by atoms with Crippen LogP contribution >= 0.6 is 15.9 Å². The van der Waals surface area contributed by atoms with Gasteiger partial charge in [0, 0.05) is 18.7 Å². The minimum atomic E-state index is -0.456. The van der Waals surface area contributed by atoms with E-state index in [-0.39, 0.29) is 0 Å². The van der Waals surface area contributed by atoms with Gasteiger partial charge >= 0.3 is 0 Å². The van der Waals surface area contributed by atoms with Crippen molar-refractivity contribution in [2.24, 2.45) is 0 Å². The summed E-state index contributed by atoms with van der Waals surface area (Å²) in [7, 11) is 3.34. The molecule has 0 aliphatic carbocycles. The number of aryl methyl sites for hydroxylation is 1. The van der Waals surface area contributed by atoms with Crippen molar-refractivity contribution in [1.29, 1.82) is 0 Å². The van der Waals surface area contributed by atoms with Crippen LogP contribution in [-0.4, -0.2) is 38.1 Å². The maximum absolute atomic E-state index is 5.33. The average Bonchev–Trinajstić information content (AvgIpc) is 2.23. The highest BCUT2D eigenvalue weighted by molar-refractivity contribution is 9.10. The van der Waals surface area contributed by atoms with Crippen molar-refractivity contribution < 1.29 is 9.47 Å². The van der Waals surface area contributed by atoms with E-state index in [0.29, 0.717) is 13.1 Å². The van der Waals surface area contributed by atoms with E-state index in [2.05, 4.69) is 25.8 Å². The van der Waals surface area contributed by atoms with E-state index in [1.807, 2.05) is 19.1 Å². The number of hydrogen-bond acceptors (Lipinski definition) is 4. The minimum Gasteiger partial charge on any atom is -0.350 e. The van der Waals surface area contributed by atoms with Gasteiger partial charge in [-0.25, -0.2) is 4.98 Å². The number of pyridine rings is 1. The molecule has 16 heavy (non-hydrogen) atoms. The Labute approximate surface area is 104 Å². The van der Waals surface area contributed by atoms with Crippen LogP contribution in [0.25, 0.3) is 0 Å². The normalized spacial score (nSPS) is 18.4. The van der Waals surface area contributed by atoms with Crippen molar-refractivity contribution in [3.05, 3.63) is 22.3 Å². The molecule has 1 aromatic rings. The third-order valence-corrected chi connectivity index (χ3v) is 3.78. The Morgan fingerprint density at radius 3 is 2.44 bits per heavy atom. The Bertz CT molecular complexity index is 386. The van der Waals surface area contributed by atoms with Gasteiger partial charge in [-0.05, 0) is 35.0 Å². The summed E-state index contributed by atoms with van der Waals surface area (Å²) in [6.45, 7) is 3.41. The molecule has 1 aliphatic rings. The molecule has 0 N–H and O–H groups in total. The molecule has 0 saturated carbocycles. The molecule has 0 bridgehead atoms. The Kier molecular flexibility index (Phi) is 3.19. The van der Waals surface area contributed by atoms with Crippen LogP contribution in [0.15, 0.2) is 16.6 Å². The van der Waals surface area contributed by atoms with Crippen molar-refractivity contribution >= 4 is 21.7 Å². The summed E-state index contributed by atoms with van der Waals surface area (Å²) < 4.78 is 11.7. The molecule has 0 spiro atoms. The van der Waals surface area contributed by atoms with Gasteiger partial charge in [-0.15, -0.1) is 0 Å². The summed E-state index contributed by atoms with van der Waals surface area (Å²) in [4.78, 5) is 6.63. The van der Waals surface area contributed by atoms with Crippen molar-refractivity contribution in [2.75, 3.05) is 32.2 Å². The van der Waals surface area contributed by atoms with Crippen LogP contribution in [-0.2, 0) is 9.47 Å². The molecular weight excluding hydrogens is 272 g/mol. The molecule has 1 fully saturated rings. The molecule has 0 aromatic carbocycles. The van der Waals surface area contributed by atoms with Gasteiger partial charge in [-0.3, -0.25) is 0 Å². The third-order valence-electron chi connectivity index (χ3n) is 2.94. The number of ether oxygens (including phenoxy) is 2. The molecule has 2 rings (SSSR count). The maximum atomic E-state index is 5.33. The van der Waals surface area contributed by atoms with Crippen molar-refractivity contribution in [1.82, 2.24) is 4.98 Å². The van der Waals surface area contributed by atoms with Crippen LogP contribution in [0, 0.1) is 6.92 Å². The number of halogens is 1. The predicted octanol–water partition coefficient (Wildman–Crippen LogP) is 1.96. The van der Waals surface area contributed by atoms with E-state index in [1.54, 1.807) is 14.2 Å². The molecule has 0 atom stereocenters. The zero-order chi connectivity index (χ0) is 11.8. The highest BCUT2D eigenvalue weighted by Crippen LogP contribution is 2.30. The van der Waals surface area contributed by atoms with Crippen molar-refractivity contribution in [3.8, 4) is 0 Å². The molecular formula is C11H15BrN2O2. The number of nitrogens with zero attached hydrogens (tertiary/aromatic N) is 2. The summed E-state index contributed by atoms with van der Waals surface area (Å²) in [5.74, 6) is 0.508. The first-order chi connectivity index (χ1) is 7.60. The average molecular weight is 287 g/mol. The molecule has 1 aliphatic heterocycles. The lowest BCUT2D eigenvalue weighted by Crippen LogP contribution is -2.64. The van der Waals surface area contributed by atoms with Gasteiger partial charge in [0.25, 0.3) is 0 Å². The minimum absolute atomic E-state index is 0.456. The lowest BCUT2D eigenvalue weighted by atomic mass is 10.1. The van der Waals surface area contributed by atoms with Crippen LogP contribution in [0.5, 0.6) is 0 Å². The molecule has 0 unspecified atom stereocenters. The lowest BCUT2D eigenvalue weighted by molar-refractivity contribution is -0.219. The number of methoxy groups -OCH3 is 2. The quantitative estimate of drug-likeness (QED) is 0.796. The summed E-state index contributed by atoms with van der Waals surface area (Å²) in [6, 6.07) is 4.00. The van der Waals surface area contributed by atoms with E-state index in [4.69, 9.17) is 9.47 Å². The van der Waals surface area contributed by atoms with E-state index in [9.17, 15) is 0 Å². The second-order valence-electron chi connectivity index (χ2n) is 3.91. The number of hydrogen-bond donors (Lipinski definition) is 0.